The van der Waals surface area contributed by atoms with E-state index in [-0.39, 0.29) is 24.8 Å². The normalized spacial score (nSPS) is 21.1. The molecule has 1 aromatic carbocycles. The van der Waals surface area contributed by atoms with E-state index in [4.69, 9.17) is 4.74 Å². The zero-order chi connectivity index (χ0) is 17.9. The Morgan fingerprint density at radius 3 is 2.56 bits per heavy atom. The highest BCUT2D eigenvalue weighted by molar-refractivity contribution is 6.07. The van der Waals surface area contributed by atoms with Crippen molar-refractivity contribution in [3.8, 4) is 5.75 Å². The number of carbonyl (C=O) groups excluding carboxylic acids is 2. The standard InChI is InChI=1S/C18H23FN2O4/c19-14-7-3-4-8-15(14)25-12-13(22)11-21-16(23)18(20-17(21)24)9-5-1-2-6-10-18/h3-4,7-8,13,22H,1-2,5-6,9-12H2,(H,20,24). The average molecular weight is 350 g/mol. The van der Waals surface area contributed by atoms with Crippen molar-refractivity contribution in [3.63, 3.8) is 0 Å². The number of hydrogen-bond acceptors (Lipinski definition) is 4. The molecule has 136 valence electrons. The van der Waals surface area contributed by atoms with Gasteiger partial charge in [0.1, 0.15) is 18.2 Å². The average Bonchev–Trinajstić information content (AvgIpc) is 2.76. The fourth-order valence-corrected chi connectivity index (χ4v) is 3.52. The molecular formula is C18H23FN2O4. The number of nitrogens with one attached hydrogen (secondary N) is 1. The molecule has 2 N–H and O–H groups in total. The molecule has 1 spiro atoms. The van der Waals surface area contributed by atoms with Gasteiger partial charge in [-0.2, -0.15) is 0 Å². The van der Waals surface area contributed by atoms with Gasteiger partial charge in [0.15, 0.2) is 11.6 Å². The minimum absolute atomic E-state index is 0.0268. The second-order valence-electron chi connectivity index (χ2n) is 6.74. The Morgan fingerprint density at radius 1 is 1.20 bits per heavy atom. The quantitative estimate of drug-likeness (QED) is 0.798. The van der Waals surface area contributed by atoms with Gasteiger partial charge in [0.2, 0.25) is 0 Å². The fourth-order valence-electron chi connectivity index (χ4n) is 3.52. The van der Waals surface area contributed by atoms with Crippen LogP contribution in [0.4, 0.5) is 9.18 Å². The lowest BCUT2D eigenvalue weighted by molar-refractivity contribution is -0.132. The first-order chi connectivity index (χ1) is 12.0. The zero-order valence-corrected chi connectivity index (χ0v) is 14.0. The second-order valence-corrected chi connectivity index (χ2v) is 6.74. The van der Waals surface area contributed by atoms with E-state index in [1.807, 2.05) is 0 Å². The third kappa shape index (κ3) is 3.76. The maximum Gasteiger partial charge on any atom is 0.325 e. The third-order valence-electron chi connectivity index (χ3n) is 4.86. The van der Waals surface area contributed by atoms with Crippen molar-refractivity contribution in [3.05, 3.63) is 30.1 Å². The molecule has 0 radical (unpaired) electrons. The Kier molecular flexibility index (Phi) is 5.22. The Morgan fingerprint density at radius 2 is 1.88 bits per heavy atom. The summed E-state index contributed by atoms with van der Waals surface area (Å²) in [6, 6.07) is 5.40. The van der Waals surface area contributed by atoms with Crippen LogP contribution >= 0.6 is 0 Å². The van der Waals surface area contributed by atoms with Crippen LogP contribution < -0.4 is 10.1 Å². The van der Waals surface area contributed by atoms with Crippen LogP contribution in [0.2, 0.25) is 0 Å². The molecule has 0 aromatic heterocycles. The van der Waals surface area contributed by atoms with Gasteiger partial charge in [0.25, 0.3) is 5.91 Å². The molecule has 1 aliphatic carbocycles. The summed E-state index contributed by atoms with van der Waals surface area (Å²) in [5.74, 6) is -0.773. The van der Waals surface area contributed by atoms with Crippen LogP contribution in [0.1, 0.15) is 38.5 Å². The number of β-amino-alcohol motifs (C(OH)–C–C–N with tert-alkyl or cyclic N) is 1. The van der Waals surface area contributed by atoms with Crippen molar-refractivity contribution in [2.75, 3.05) is 13.2 Å². The molecule has 25 heavy (non-hydrogen) atoms. The number of nitrogens with zero attached hydrogens (tertiary/aromatic N) is 1. The largest absolute Gasteiger partial charge is 0.488 e. The van der Waals surface area contributed by atoms with Gasteiger partial charge >= 0.3 is 6.03 Å². The molecule has 2 aliphatic rings. The van der Waals surface area contributed by atoms with Crippen molar-refractivity contribution in [2.45, 2.75) is 50.2 Å². The molecular weight excluding hydrogens is 327 g/mol. The first-order valence-corrected chi connectivity index (χ1v) is 8.71. The summed E-state index contributed by atoms with van der Waals surface area (Å²) in [6.07, 6.45) is 4.10. The summed E-state index contributed by atoms with van der Waals surface area (Å²) in [5, 5.41) is 12.9. The highest BCUT2D eigenvalue weighted by atomic mass is 19.1. The molecule has 1 unspecified atom stereocenters. The number of rotatable bonds is 5. The maximum atomic E-state index is 13.5. The van der Waals surface area contributed by atoms with Crippen molar-refractivity contribution in [1.29, 1.82) is 0 Å². The molecule has 1 heterocycles. The predicted molar refractivity (Wildman–Crippen MR) is 88.6 cm³/mol. The number of imide groups is 1. The molecule has 1 aliphatic heterocycles. The van der Waals surface area contributed by atoms with Crippen LogP contribution in [-0.2, 0) is 4.79 Å². The van der Waals surface area contributed by atoms with Crippen molar-refractivity contribution in [1.82, 2.24) is 10.2 Å². The van der Waals surface area contributed by atoms with E-state index in [1.54, 1.807) is 6.07 Å². The number of amides is 3. The van der Waals surface area contributed by atoms with Crippen LogP contribution in [0, 0.1) is 5.82 Å². The fraction of sp³-hybridized carbons (Fsp3) is 0.556. The molecule has 1 saturated heterocycles. The summed E-state index contributed by atoms with van der Waals surface area (Å²) < 4.78 is 18.8. The number of benzene rings is 1. The van der Waals surface area contributed by atoms with E-state index in [1.165, 1.54) is 18.2 Å². The number of aliphatic hydroxyl groups excluding tert-OH is 1. The monoisotopic (exact) mass is 350 g/mol. The van der Waals surface area contributed by atoms with Crippen LogP contribution in [0.5, 0.6) is 5.75 Å². The van der Waals surface area contributed by atoms with E-state index in [0.717, 1.165) is 30.6 Å². The van der Waals surface area contributed by atoms with Gasteiger partial charge < -0.3 is 15.2 Å². The van der Waals surface area contributed by atoms with E-state index < -0.39 is 23.5 Å². The molecule has 2 fully saturated rings. The third-order valence-corrected chi connectivity index (χ3v) is 4.86. The first kappa shape index (κ1) is 17.7. The number of para-hydroxylation sites is 1. The van der Waals surface area contributed by atoms with Gasteiger partial charge in [-0.1, -0.05) is 37.8 Å². The Labute approximate surface area is 146 Å². The number of hydrogen-bond donors (Lipinski definition) is 2. The SMILES string of the molecule is O=C1NC2(CCCCCC2)C(=O)N1CC(O)COc1ccccc1F. The Balaban J connectivity index is 1.59. The molecule has 7 heteroatoms. The molecule has 3 amide bonds. The maximum absolute atomic E-state index is 13.5. The molecule has 1 saturated carbocycles. The number of aliphatic hydroxyl groups is 1. The van der Waals surface area contributed by atoms with E-state index in [0.29, 0.717) is 12.8 Å². The lowest BCUT2D eigenvalue weighted by Crippen LogP contribution is -2.47. The summed E-state index contributed by atoms with van der Waals surface area (Å²) in [4.78, 5) is 26.0. The zero-order valence-electron chi connectivity index (χ0n) is 14.0. The van der Waals surface area contributed by atoms with E-state index >= 15 is 0 Å². The Hall–Kier alpha value is -2.15. The number of urea groups is 1. The van der Waals surface area contributed by atoms with Crippen LogP contribution in [0.3, 0.4) is 0 Å². The van der Waals surface area contributed by atoms with Gasteiger partial charge in [-0.3, -0.25) is 9.69 Å². The van der Waals surface area contributed by atoms with Crippen LogP contribution in [-0.4, -0.2) is 46.7 Å². The first-order valence-electron chi connectivity index (χ1n) is 8.71. The molecule has 6 nitrogen and oxygen atoms in total. The van der Waals surface area contributed by atoms with Crippen molar-refractivity contribution >= 4 is 11.9 Å². The number of halogens is 1. The number of ether oxygens (including phenoxy) is 1. The molecule has 1 aromatic rings. The van der Waals surface area contributed by atoms with Gasteiger partial charge in [-0.05, 0) is 25.0 Å². The lowest BCUT2D eigenvalue weighted by atomic mass is 9.90. The van der Waals surface area contributed by atoms with Crippen LogP contribution in [0.15, 0.2) is 24.3 Å². The van der Waals surface area contributed by atoms with Gasteiger partial charge in [-0.25, -0.2) is 9.18 Å². The highest BCUT2D eigenvalue weighted by Crippen LogP contribution is 2.32. The van der Waals surface area contributed by atoms with Crippen LogP contribution in [0.25, 0.3) is 0 Å². The minimum atomic E-state index is -1.09. The van der Waals surface area contributed by atoms with Gasteiger partial charge in [0.05, 0.1) is 6.54 Å². The van der Waals surface area contributed by atoms with Crippen molar-refractivity contribution in [2.24, 2.45) is 0 Å². The van der Waals surface area contributed by atoms with E-state index in [9.17, 15) is 19.1 Å². The van der Waals surface area contributed by atoms with Gasteiger partial charge in [-0.15, -0.1) is 0 Å². The van der Waals surface area contributed by atoms with Crippen molar-refractivity contribution < 1.29 is 23.8 Å². The summed E-state index contributed by atoms with van der Waals surface area (Å²) >= 11 is 0. The number of carbonyl (C=O) groups is 2. The highest BCUT2D eigenvalue weighted by Gasteiger charge is 2.50. The predicted octanol–water partition coefficient (Wildman–Crippen LogP) is 2.21. The second kappa shape index (κ2) is 7.39. The Bertz CT molecular complexity index is 644. The molecule has 1 atom stereocenters. The topological polar surface area (TPSA) is 78.9 Å². The summed E-state index contributed by atoms with van der Waals surface area (Å²) in [5.41, 5.74) is -0.820. The minimum Gasteiger partial charge on any atom is -0.488 e. The van der Waals surface area contributed by atoms with Gasteiger partial charge in [0, 0.05) is 0 Å². The molecule has 0 bridgehead atoms. The smallest absolute Gasteiger partial charge is 0.325 e. The lowest BCUT2D eigenvalue weighted by Gasteiger charge is -2.25. The summed E-state index contributed by atoms with van der Waals surface area (Å²) in [7, 11) is 0. The molecule has 3 rings (SSSR count). The van der Waals surface area contributed by atoms with E-state index in [2.05, 4.69) is 5.32 Å². The summed E-state index contributed by atoms with van der Waals surface area (Å²) in [6.45, 7) is -0.369.